The highest BCUT2D eigenvalue weighted by Gasteiger charge is 2.32. The summed E-state index contributed by atoms with van der Waals surface area (Å²) >= 11 is 0. The van der Waals surface area contributed by atoms with Crippen LogP contribution < -0.4 is 18.9 Å². The van der Waals surface area contributed by atoms with Crippen molar-refractivity contribution in [2.24, 2.45) is 0 Å². The fourth-order valence-corrected chi connectivity index (χ4v) is 8.27. The van der Waals surface area contributed by atoms with Crippen LogP contribution in [0.1, 0.15) is 46.2 Å². The molecule has 0 amide bonds. The molecule has 9 heterocycles. The normalized spacial score (nSPS) is 24.3. The average Bonchev–Trinajstić information content (AvgIpc) is 4.44. The topological polar surface area (TPSA) is 221 Å². The smallest absolute Gasteiger partial charge is 0.317 e. The second kappa shape index (κ2) is 30.3. The second-order valence-electron chi connectivity index (χ2n) is 21.4. The molecule has 9 unspecified atom stereocenters. The number of hydrogen-bond donors (Lipinski definition) is 0. The van der Waals surface area contributed by atoms with Crippen molar-refractivity contribution >= 4 is 11.9 Å². The van der Waals surface area contributed by atoms with Crippen LogP contribution in [0.4, 0.5) is 0 Å². The first kappa shape index (κ1) is 59.6. The molecule has 9 aliphatic heterocycles. The Hall–Kier alpha value is -6.52. The van der Waals surface area contributed by atoms with Gasteiger partial charge in [0.25, 0.3) is 0 Å². The summed E-state index contributed by atoms with van der Waals surface area (Å²) in [5.41, 5.74) is 6.99. The molecule has 0 N–H and O–H groups in total. The highest BCUT2D eigenvalue weighted by Crippen LogP contribution is 2.34. The van der Waals surface area contributed by atoms with Crippen molar-refractivity contribution in [3.8, 4) is 23.0 Å². The van der Waals surface area contributed by atoms with Gasteiger partial charge in [0, 0.05) is 25.7 Å². The third-order valence-electron chi connectivity index (χ3n) is 13.6. The maximum Gasteiger partial charge on any atom is 0.317 e. The minimum absolute atomic E-state index is 0.0184. The molecule has 19 nitrogen and oxygen atoms in total. The van der Waals surface area contributed by atoms with E-state index in [-0.39, 0.29) is 50.2 Å². The summed E-state index contributed by atoms with van der Waals surface area (Å²) in [6.07, 6.45) is 7.94. The van der Waals surface area contributed by atoms with Crippen molar-refractivity contribution in [2.45, 2.75) is 107 Å². The quantitative estimate of drug-likeness (QED) is 0.0149. The van der Waals surface area contributed by atoms with Gasteiger partial charge in [-0.25, -0.2) is 0 Å². The molecule has 9 aliphatic rings. The maximum atomic E-state index is 11.0. The molecule has 4 aromatic carbocycles. The summed E-state index contributed by atoms with van der Waals surface area (Å²) in [6, 6.07) is 28.4. The third-order valence-corrected chi connectivity index (χ3v) is 13.6. The fraction of sp³-hybridized carbons (Fsp3) is 0.500. The van der Waals surface area contributed by atoms with Gasteiger partial charge in [-0.3, -0.25) is 9.59 Å². The Balaban J connectivity index is 0.000000129. The van der Waals surface area contributed by atoms with Gasteiger partial charge in [0.15, 0.2) is 0 Å². The lowest BCUT2D eigenvalue weighted by Crippen LogP contribution is -2.17. The maximum absolute atomic E-state index is 11.0. The Labute approximate surface area is 484 Å². The summed E-state index contributed by atoms with van der Waals surface area (Å²) in [5.74, 6) is 3.71. The van der Waals surface area contributed by atoms with Gasteiger partial charge in [-0.1, -0.05) is 86.5 Å². The van der Waals surface area contributed by atoms with Crippen LogP contribution in [0.25, 0.3) is 0 Å². The number of epoxide rings is 9. The summed E-state index contributed by atoms with van der Waals surface area (Å²) < 4.78 is 90.8. The Bertz CT molecular complexity index is 2600. The van der Waals surface area contributed by atoms with Crippen molar-refractivity contribution in [1.82, 2.24) is 0 Å². The first-order valence-electron chi connectivity index (χ1n) is 28.6. The standard InChI is InChI=1S/C25H28O6.C15H18O4.C15H18O3.C9H12O6/c1-18(26-12-20-5-3-7-22(10-20)28-14-24-16-30-24)9-19(2)27-13-21-6-4-8-23(11-21)29-15-25-17-31-25;1-2-10(4-12-6-16-12)15(19-9-14-8-18-14)11(3-1)5-13-7-17-13;1-2-6-16-15-11(7-13-9-17-13)4-3-5-12(15)8-14-10-18-14;10-8(14-4-6-2-12-6)1-9(11)15-5-7-3-13-7/h3-8,10-11,24-25H,1-2,9,12-17H2;1-3,12-14H,4-9H2;2-5,13-14H,1,6-10H2;6-7H,1-5H2. The van der Waals surface area contributed by atoms with Crippen molar-refractivity contribution < 1.29 is 90.1 Å². The molecule has 0 aromatic heterocycles. The zero-order valence-corrected chi connectivity index (χ0v) is 47.0. The molecule has 9 atom stereocenters. The van der Waals surface area contributed by atoms with Gasteiger partial charge in [0.05, 0.1) is 102 Å². The molecule has 0 bridgehead atoms. The Morgan fingerprint density at radius 1 is 0.410 bits per heavy atom. The van der Waals surface area contributed by atoms with Crippen molar-refractivity contribution in [1.29, 1.82) is 0 Å². The van der Waals surface area contributed by atoms with Gasteiger partial charge >= 0.3 is 11.9 Å². The zero-order valence-electron chi connectivity index (χ0n) is 47.0. The number of benzene rings is 4. The highest BCUT2D eigenvalue weighted by molar-refractivity contribution is 5.91. The van der Waals surface area contributed by atoms with Crippen molar-refractivity contribution in [3.63, 3.8) is 0 Å². The van der Waals surface area contributed by atoms with E-state index in [1.165, 1.54) is 22.3 Å². The number of ether oxygens (including phenoxy) is 17. The van der Waals surface area contributed by atoms with Crippen LogP contribution in [0.15, 0.2) is 122 Å². The first-order valence-corrected chi connectivity index (χ1v) is 28.6. The van der Waals surface area contributed by atoms with Gasteiger partial charge in [0.1, 0.15) is 113 Å². The van der Waals surface area contributed by atoms with E-state index in [0.717, 1.165) is 106 Å². The van der Waals surface area contributed by atoms with Crippen LogP contribution in [-0.4, -0.2) is 166 Å². The van der Waals surface area contributed by atoms with E-state index in [1.54, 1.807) is 6.08 Å². The fourth-order valence-electron chi connectivity index (χ4n) is 8.27. The minimum Gasteiger partial charge on any atom is -0.493 e. The number of rotatable bonds is 34. The zero-order chi connectivity index (χ0) is 57.2. The number of carbonyl (C=O) groups is 2. The van der Waals surface area contributed by atoms with E-state index in [9.17, 15) is 9.59 Å². The Kier molecular flexibility index (Phi) is 21.8. The summed E-state index contributed by atoms with van der Waals surface area (Å²) in [6.45, 7) is 22.4. The molecule has 4 aromatic rings. The largest absolute Gasteiger partial charge is 0.493 e. The molecular weight excluding hydrogens is 1070 g/mol. The molecule has 0 spiro atoms. The van der Waals surface area contributed by atoms with Crippen molar-refractivity contribution in [2.75, 3.05) is 99.1 Å². The van der Waals surface area contributed by atoms with E-state index >= 15 is 0 Å². The molecule has 9 saturated heterocycles. The SMILES string of the molecule is C=C(CC(=C)OCc1cccc(OCC2CO2)c1)OCc1cccc(OCC2CO2)c1.C=CCOc1c(CC2CO2)cccc1CC1CO1.O=C(CC(=O)OCC1CO1)OCC1CO1.c1cc(CC2CO2)c(OCC2CO2)c(CC2CO2)c1. The lowest BCUT2D eigenvalue weighted by atomic mass is 10.0. The van der Waals surface area contributed by atoms with Crippen LogP contribution in [0.2, 0.25) is 0 Å². The van der Waals surface area contributed by atoms with E-state index < -0.39 is 11.9 Å². The average molecular weight is 1150 g/mol. The summed E-state index contributed by atoms with van der Waals surface area (Å²) in [7, 11) is 0. The number of para-hydroxylation sites is 2. The third kappa shape index (κ3) is 23.6. The summed E-state index contributed by atoms with van der Waals surface area (Å²) in [5, 5.41) is 0. The van der Waals surface area contributed by atoms with Gasteiger partial charge in [-0.05, 0) is 57.6 Å². The molecule has 83 heavy (non-hydrogen) atoms. The second-order valence-corrected chi connectivity index (χ2v) is 21.4. The number of hydrogen-bond acceptors (Lipinski definition) is 19. The van der Waals surface area contributed by atoms with Crippen LogP contribution in [0.5, 0.6) is 23.0 Å². The van der Waals surface area contributed by atoms with Gasteiger partial charge in [-0.15, -0.1) is 0 Å². The molecule has 0 aliphatic carbocycles. The molecule has 446 valence electrons. The van der Waals surface area contributed by atoms with Crippen LogP contribution in [0, 0.1) is 0 Å². The molecule has 0 radical (unpaired) electrons. The first-order chi connectivity index (χ1) is 40.6. The predicted molar refractivity (Wildman–Crippen MR) is 299 cm³/mol. The monoisotopic (exact) mass is 1150 g/mol. The van der Waals surface area contributed by atoms with E-state index in [0.29, 0.717) is 95.2 Å². The molecule has 0 saturated carbocycles. The lowest BCUT2D eigenvalue weighted by Gasteiger charge is -2.14. The summed E-state index contributed by atoms with van der Waals surface area (Å²) in [4.78, 5) is 22.1. The van der Waals surface area contributed by atoms with Gasteiger partial charge in [0.2, 0.25) is 0 Å². The van der Waals surface area contributed by atoms with E-state index in [2.05, 4.69) is 56.1 Å². The highest BCUT2D eigenvalue weighted by atomic mass is 16.6. The van der Waals surface area contributed by atoms with E-state index in [1.807, 2.05) is 48.5 Å². The van der Waals surface area contributed by atoms with Crippen LogP contribution >= 0.6 is 0 Å². The Morgan fingerprint density at radius 3 is 1.08 bits per heavy atom. The minimum atomic E-state index is -0.577. The van der Waals surface area contributed by atoms with E-state index in [4.69, 9.17) is 80.5 Å². The van der Waals surface area contributed by atoms with Crippen LogP contribution in [0.3, 0.4) is 0 Å². The molecular formula is C64H76O19. The van der Waals surface area contributed by atoms with Crippen molar-refractivity contribution in [3.05, 3.63) is 156 Å². The molecule has 13 rings (SSSR count). The number of esters is 2. The lowest BCUT2D eigenvalue weighted by molar-refractivity contribution is -0.155. The van der Waals surface area contributed by atoms with Gasteiger partial charge in [-0.2, -0.15) is 0 Å². The van der Waals surface area contributed by atoms with Gasteiger partial charge < -0.3 is 80.5 Å². The predicted octanol–water partition coefficient (Wildman–Crippen LogP) is 7.13. The van der Waals surface area contributed by atoms with Crippen LogP contribution in [-0.2, 0) is 110 Å². The molecule has 9 fully saturated rings. The molecule has 19 heteroatoms. The Morgan fingerprint density at radius 2 is 0.735 bits per heavy atom. The number of carbonyl (C=O) groups excluding carboxylic acids is 2.